The van der Waals surface area contributed by atoms with Crippen molar-refractivity contribution in [2.45, 2.75) is 148 Å². The summed E-state index contributed by atoms with van der Waals surface area (Å²) in [5.74, 6) is 0. The number of aromatic nitrogens is 2. The van der Waals surface area contributed by atoms with Crippen molar-refractivity contribution in [2.75, 3.05) is 0 Å². The molecule has 1 heterocycles. The summed E-state index contributed by atoms with van der Waals surface area (Å²) >= 11 is 0. The Kier molecular flexibility index (Phi) is 15.2. The molecule has 2 unspecified atom stereocenters. The lowest BCUT2D eigenvalue weighted by Gasteiger charge is -2.34. The Morgan fingerprint density at radius 2 is 1.12 bits per heavy atom. The summed E-state index contributed by atoms with van der Waals surface area (Å²) in [4.78, 5) is 0. The second-order valence-corrected chi connectivity index (χ2v) is 12.5. The van der Waals surface area contributed by atoms with Gasteiger partial charge in [-0.1, -0.05) is 164 Å². The highest BCUT2D eigenvalue weighted by molar-refractivity contribution is 5.30. The van der Waals surface area contributed by atoms with Crippen molar-refractivity contribution < 1.29 is 4.57 Å². The van der Waals surface area contributed by atoms with Crippen LogP contribution in [0.25, 0.3) is 0 Å². The van der Waals surface area contributed by atoms with Gasteiger partial charge in [-0.25, -0.2) is 9.13 Å². The average Bonchev–Trinajstić information content (AvgIpc) is 3.46. The van der Waals surface area contributed by atoms with E-state index in [0.29, 0.717) is 6.04 Å². The monoisotopic (exact) mass is 543 g/mol. The van der Waals surface area contributed by atoms with Gasteiger partial charge in [-0.15, -0.1) is 0 Å². The quantitative estimate of drug-likeness (QED) is 0.0880. The molecule has 3 aromatic rings. The summed E-state index contributed by atoms with van der Waals surface area (Å²) in [6.45, 7) is 8.24. The van der Waals surface area contributed by atoms with Gasteiger partial charge in [0.25, 0.3) is 0 Å². The number of hydrogen-bond donors (Lipinski definition) is 0. The third-order valence-corrected chi connectivity index (χ3v) is 9.20. The minimum atomic E-state index is 0.00765. The predicted octanol–water partition coefficient (Wildman–Crippen LogP) is 10.8. The molecule has 2 aromatic carbocycles. The van der Waals surface area contributed by atoms with Gasteiger partial charge in [0.15, 0.2) is 0 Å². The van der Waals surface area contributed by atoms with Crippen LogP contribution in [-0.4, -0.2) is 4.57 Å². The average molecular weight is 544 g/mol. The SMILES string of the molecule is CCCCCCCCCCCCCCCCCC[n+]1ccn(C(C)C(C)(Cc2ccccc2)c2ccccc2)c1. The zero-order valence-electron chi connectivity index (χ0n) is 26.2. The Bertz CT molecular complexity index is 1010. The molecule has 0 aliphatic heterocycles. The van der Waals surface area contributed by atoms with Crippen molar-refractivity contribution in [3.8, 4) is 0 Å². The zero-order valence-corrected chi connectivity index (χ0v) is 26.2. The zero-order chi connectivity index (χ0) is 28.3. The normalized spacial score (nSPS) is 13.8. The van der Waals surface area contributed by atoms with E-state index < -0.39 is 0 Å². The van der Waals surface area contributed by atoms with Gasteiger partial charge in [0.2, 0.25) is 6.33 Å². The lowest BCUT2D eigenvalue weighted by atomic mass is 9.72. The summed E-state index contributed by atoms with van der Waals surface area (Å²) in [7, 11) is 0. The second-order valence-electron chi connectivity index (χ2n) is 12.5. The van der Waals surface area contributed by atoms with E-state index in [1.165, 1.54) is 114 Å². The summed E-state index contributed by atoms with van der Waals surface area (Å²) in [5, 5.41) is 0. The lowest BCUT2D eigenvalue weighted by molar-refractivity contribution is -0.697. The molecular weight excluding hydrogens is 484 g/mol. The van der Waals surface area contributed by atoms with E-state index in [1.807, 2.05) is 0 Å². The predicted molar refractivity (Wildman–Crippen MR) is 173 cm³/mol. The molecular formula is C38H59N2+. The molecule has 3 rings (SSSR count). The molecule has 0 aliphatic carbocycles. The molecule has 40 heavy (non-hydrogen) atoms. The van der Waals surface area contributed by atoms with Crippen LogP contribution in [0.1, 0.15) is 141 Å². The fraction of sp³-hybridized carbons (Fsp3) is 0.605. The van der Waals surface area contributed by atoms with E-state index in [9.17, 15) is 0 Å². The van der Waals surface area contributed by atoms with E-state index in [-0.39, 0.29) is 5.41 Å². The number of nitrogens with zero attached hydrogens (tertiary/aromatic N) is 2. The molecule has 0 spiro atoms. The Balaban J connectivity index is 1.32. The van der Waals surface area contributed by atoms with E-state index >= 15 is 0 Å². The number of unbranched alkanes of at least 4 members (excludes halogenated alkanes) is 15. The highest BCUT2D eigenvalue weighted by Gasteiger charge is 2.37. The molecule has 0 radical (unpaired) electrons. The third-order valence-electron chi connectivity index (χ3n) is 9.20. The van der Waals surface area contributed by atoms with Crippen molar-refractivity contribution in [1.82, 2.24) is 4.57 Å². The topological polar surface area (TPSA) is 8.81 Å². The molecule has 0 bridgehead atoms. The summed E-state index contributed by atoms with van der Waals surface area (Å²) in [5.41, 5.74) is 2.81. The standard InChI is InChI=1S/C38H59N2/c1-4-5-6-7-8-9-10-11-12-13-14-15-16-17-18-25-30-39-31-32-40(34-39)35(2)38(3,37-28-23-20-24-29-37)33-36-26-21-19-22-27-36/h19-24,26-29,31-32,34-35H,4-18,25,30,33H2,1-3H3/q+1. The van der Waals surface area contributed by atoms with Gasteiger partial charge in [-0.3, -0.25) is 0 Å². The van der Waals surface area contributed by atoms with Gasteiger partial charge in [-0.2, -0.15) is 0 Å². The van der Waals surface area contributed by atoms with Crippen LogP contribution < -0.4 is 4.57 Å². The first kappa shape index (κ1) is 32.2. The number of imidazole rings is 1. The Hall–Kier alpha value is -2.35. The van der Waals surface area contributed by atoms with Gasteiger partial charge in [0, 0.05) is 5.41 Å². The fourth-order valence-electron chi connectivity index (χ4n) is 6.27. The van der Waals surface area contributed by atoms with Crippen molar-refractivity contribution in [3.63, 3.8) is 0 Å². The van der Waals surface area contributed by atoms with Crippen molar-refractivity contribution >= 4 is 0 Å². The molecule has 2 heteroatoms. The molecule has 0 saturated carbocycles. The smallest absolute Gasteiger partial charge is 0.237 e. The van der Waals surface area contributed by atoms with Crippen molar-refractivity contribution in [2.24, 2.45) is 0 Å². The first-order valence-electron chi connectivity index (χ1n) is 16.8. The van der Waals surface area contributed by atoms with Gasteiger partial charge in [-0.05, 0) is 37.3 Å². The summed E-state index contributed by atoms with van der Waals surface area (Å²) < 4.78 is 4.83. The van der Waals surface area contributed by atoms with Gasteiger partial charge < -0.3 is 0 Å². The van der Waals surface area contributed by atoms with Crippen LogP contribution in [0.3, 0.4) is 0 Å². The van der Waals surface area contributed by atoms with Gasteiger partial charge in [0.05, 0.1) is 6.54 Å². The van der Waals surface area contributed by atoms with Crippen LogP contribution in [0.4, 0.5) is 0 Å². The van der Waals surface area contributed by atoms with Crippen LogP contribution in [0.5, 0.6) is 0 Å². The highest BCUT2D eigenvalue weighted by atomic mass is 15.1. The van der Waals surface area contributed by atoms with Crippen molar-refractivity contribution in [3.05, 3.63) is 90.5 Å². The maximum absolute atomic E-state index is 2.43. The largest absolute Gasteiger partial charge is 0.243 e. The Labute approximate surface area is 247 Å². The van der Waals surface area contributed by atoms with E-state index in [0.717, 1.165) is 13.0 Å². The molecule has 2 nitrogen and oxygen atoms in total. The van der Waals surface area contributed by atoms with Crippen LogP contribution in [-0.2, 0) is 18.4 Å². The van der Waals surface area contributed by atoms with E-state index in [4.69, 9.17) is 0 Å². The van der Waals surface area contributed by atoms with E-state index in [1.54, 1.807) is 0 Å². The summed E-state index contributed by atoms with van der Waals surface area (Å²) in [6.07, 6.45) is 30.6. The maximum Gasteiger partial charge on any atom is 0.243 e. The highest BCUT2D eigenvalue weighted by Crippen LogP contribution is 2.38. The molecule has 1 aromatic heterocycles. The lowest BCUT2D eigenvalue weighted by Crippen LogP contribution is -2.36. The molecule has 0 fully saturated rings. The minimum absolute atomic E-state index is 0.00765. The van der Waals surface area contributed by atoms with Crippen LogP contribution in [0.2, 0.25) is 0 Å². The van der Waals surface area contributed by atoms with Crippen molar-refractivity contribution in [1.29, 1.82) is 0 Å². The molecule has 0 aliphatic rings. The molecule has 0 saturated heterocycles. The first-order valence-corrected chi connectivity index (χ1v) is 16.8. The minimum Gasteiger partial charge on any atom is -0.237 e. The first-order chi connectivity index (χ1) is 19.6. The van der Waals surface area contributed by atoms with Crippen LogP contribution in [0.15, 0.2) is 79.4 Å². The Morgan fingerprint density at radius 1 is 0.650 bits per heavy atom. The number of aryl methyl sites for hydroxylation is 1. The number of hydrogen-bond acceptors (Lipinski definition) is 0. The van der Waals surface area contributed by atoms with Gasteiger partial charge >= 0.3 is 0 Å². The van der Waals surface area contributed by atoms with Crippen LogP contribution >= 0.6 is 0 Å². The third kappa shape index (κ3) is 11.3. The molecule has 0 amide bonds. The Morgan fingerprint density at radius 3 is 1.65 bits per heavy atom. The second kappa shape index (κ2) is 18.9. The van der Waals surface area contributed by atoms with Crippen LogP contribution in [0, 0.1) is 0 Å². The molecule has 2 atom stereocenters. The molecule has 0 N–H and O–H groups in total. The van der Waals surface area contributed by atoms with E-state index in [2.05, 4.69) is 109 Å². The number of benzene rings is 2. The van der Waals surface area contributed by atoms with Gasteiger partial charge in [0.1, 0.15) is 18.4 Å². The maximum atomic E-state index is 2.43. The number of rotatable bonds is 22. The summed E-state index contributed by atoms with van der Waals surface area (Å²) in [6, 6.07) is 22.4. The molecule has 220 valence electrons. The fourth-order valence-corrected chi connectivity index (χ4v) is 6.27.